The first-order valence-corrected chi connectivity index (χ1v) is 12.3. The van der Waals surface area contributed by atoms with Crippen molar-refractivity contribution >= 4 is 39.8 Å². The minimum absolute atomic E-state index is 0.322. The van der Waals surface area contributed by atoms with E-state index in [0.717, 1.165) is 33.4 Å². The highest BCUT2D eigenvalue weighted by Crippen LogP contribution is 2.28. The molecule has 1 amide bonds. The van der Waals surface area contributed by atoms with Crippen LogP contribution in [-0.2, 0) is 0 Å². The number of aryl methyl sites for hydroxylation is 1. The number of aromatic carboxylic acids is 1. The number of aromatic nitrogens is 2. The van der Waals surface area contributed by atoms with Gasteiger partial charge in [-0.25, -0.2) is 27.8 Å². The van der Waals surface area contributed by atoms with Gasteiger partial charge >= 0.3 is 11.9 Å². The molecule has 3 N–H and O–H groups in total. The quantitative estimate of drug-likeness (QED) is 0.271. The Morgan fingerprint density at radius 1 is 0.921 bits per heavy atom. The molecule has 0 saturated carbocycles. The van der Waals surface area contributed by atoms with Crippen LogP contribution >= 0.6 is 0 Å². The summed E-state index contributed by atoms with van der Waals surface area (Å²) < 4.78 is 38.2. The lowest BCUT2D eigenvalue weighted by Gasteiger charge is -2.17. The van der Waals surface area contributed by atoms with Gasteiger partial charge in [0.05, 0.1) is 25.9 Å². The standard InChI is InChI=1S/C18H15N3O2.C8H9NO.ClHO4/c1-19(2)18-20-10-6-5-9-15(20)16-11-13(17(22)23)12-7-3-4-8-14(12)21(16)18;1-6-3-2-4-7(5-6)8(9)10;2-1(3,4)5/h3-11H,1-2H3;2-5H,1H3,(H2,9,10);(H,2,3,4,5). The number of carbonyl (C=O) groups is 2. The molecule has 5 aromatic rings. The van der Waals surface area contributed by atoms with Crippen molar-refractivity contribution in [2.45, 2.75) is 6.92 Å². The van der Waals surface area contributed by atoms with Crippen LogP contribution in [0.4, 0.5) is 5.95 Å². The molecule has 0 aliphatic carbocycles. The highest BCUT2D eigenvalue weighted by atomic mass is 35.7. The van der Waals surface area contributed by atoms with Gasteiger partial charge in [-0.15, -0.1) is 10.2 Å². The number of primary amides is 1. The Hall–Kier alpha value is -4.26. The Kier molecular flexibility index (Phi) is 8.51. The maximum atomic E-state index is 11.7. The summed E-state index contributed by atoms with van der Waals surface area (Å²) in [7, 11) is -0.970. The minimum atomic E-state index is -4.94. The Labute approximate surface area is 219 Å². The van der Waals surface area contributed by atoms with Crippen LogP contribution in [0, 0.1) is 17.2 Å². The maximum absolute atomic E-state index is 11.7. The van der Waals surface area contributed by atoms with Crippen LogP contribution in [-0.4, -0.2) is 35.5 Å². The average molecular weight is 541 g/mol. The zero-order chi connectivity index (χ0) is 28.2. The molecule has 11 nitrogen and oxygen atoms in total. The molecule has 38 heavy (non-hydrogen) atoms. The van der Waals surface area contributed by atoms with E-state index in [-0.39, 0.29) is 5.91 Å². The number of halogens is 1. The summed E-state index contributed by atoms with van der Waals surface area (Å²) in [5, 5.41) is 10.3. The second kappa shape index (κ2) is 11.4. The van der Waals surface area contributed by atoms with Gasteiger partial charge in [0.25, 0.3) is 0 Å². The topological polar surface area (TPSA) is 184 Å². The summed E-state index contributed by atoms with van der Waals surface area (Å²) in [5.74, 6) is -0.308. The molecular weight excluding hydrogens is 516 g/mol. The van der Waals surface area contributed by atoms with Gasteiger partial charge in [0, 0.05) is 10.9 Å². The van der Waals surface area contributed by atoms with Gasteiger partial charge in [0.15, 0.2) is 0 Å². The summed E-state index contributed by atoms with van der Waals surface area (Å²) in [6, 6.07) is 22.5. The number of fused-ring (bicyclic) bond motifs is 5. The summed E-state index contributed by atoms with van der Waals surface area (Å²) in [5.41, 5.74) is 9.73. The highest BCUT2D eigenvalue weighted by molar-refractivity contribution is 6.06. The van der Waals surface area contributed by atoms with Gasteiger partial charge in [-0.1, -0.05) is 42.0 Å². The van der Waals surface area contributed by atoms with Crippen LogP contribution in [0.15, 0.2) is 79.0 Å². The molecule has 0 atom stereocenters. The first-order chi connectivity index (χ1) is 17.8. The first-order valence-electron chi connectivity index (χ1n) is 11.0. The lowest BCUT2D eigenvalue weighted by Crippen LogP contribution is -2.68. The fourth-order valence-electron chi connectivity index (χ4n) is 4.03. The number of para-hydroxylation sites is 1. The van der Waals surface area contributed by atoms with Crippen molar-refractivity contribution in [2.24, 2.45) is 5.73 Å². The van der Waals surface area contributed by atoms with Gasteiger partial charge in [-0.3, -0.25) is 9.69 Å². The molecule has 0 unspecified atom stereocenters. The van der Waals surface area contributed by atoms with E-state index in [9.17, 15) is 14.7 Å². The summed E-state index contributed by atoms with van der Waals surface area (Å²) in [6.45, 7) is 1.92. The largest absolute Gasteiger partial charge is 0.478 e. The molecule has 3 heterocycles. The second-order valence-corrected chi connectivity index (χ2v) is 9.12. The lowest BCUT2D eigenvalue weighted by molar-refractivity contribution is -2.00. The van der Waals surface area contributed by atoms with Crippen molar-refractivity contribution in [3.8, 4) is 0 Å². The molecular formula is C26H25ClN4O7. The molecule has 3 aromatic heterocycles. The van der Waals surface area contributed by atoms with E-state index in [1.54, 1.807) is 18.2 Å². The number of amides is 1. The highest BCUT2D eigenvalue weighted by Gasteiger charge is 2.25. The number of carboxylic acids is 1. The van der Waals surface area contributed by atoms with Crippen LogP contribution in [0.2, 0.25) is 0 Å². The predicted molar refractivity (Wildman–Crippen MR) is 129 cm³/mol. The van der Waals surface area contributed by atoms with E-state index >= 15 is 0 Å². The Balaban J connectivity index is 0.000000221. The van der Waals surface area contributed by atoms with Gasteiger partial charge in [0.1, 0.15) is 16.6 Å². The number of nitrogens with two attached hydrogens (primary N) is 1. The van der Waals surface area contributed by atoms with E-state index in [4.69, 9.17) is 24.4 Å². The van der Waals surface area contributed by atoms with Gasteiger partial charge in [-0.2, -0.15) is 4.40 Å². The Bertz CT molecular complexity index is 1620. The molecule has 12 heteroatoms. The van der Waals surface area contributed by atoms with Crippen LogP contribution in [0.3, 0.4) is 0 Å². The maximum Gasteiger partial charge on any atom is 0.369 e. The molecule has 0 radical (unpaired) electrons. The minimum Gasteiger partial charge on any atom is -0.478 e. The number of imidazole rings is 1. The number of benzene rings is 2. The number of carbonyl (C=O) groups excluding carboxylic acids is 1. The fraction of sp³-hybridized carbons (Fsp3) is 0.115. The third-order valence-corrected chi connectivity index (χ3v) is 5.43. The smallest absolute Gasteiger partial charge is 0.369 e. The Morgan fingerprint density at radius 2 is 1.55 bits per heavy atom. The summed E-state index contributed by atoms with van der Waals surface area (Å²) >= 11 is 0. The number of carboxylic acid groups (broad SMARTS) is 1. The van der Waals surface area contributed by atoms with E-state index in [0.29, 0.717) is 11.1 Å². The van der Waals surface area contributed by atoms with Gasteiger partial charge in [0.2, 0.25) is 5.91 Å². The molecule has 0 saturated heterocycles. The second-order valence-electron chi connectivity index (χ2n) is 8.36. The normalized spacial score (nSPS) is 10.9. The van der Waals surface area contributed by atoms with Crippen molar-refractivity contribution in [3.63, 3.8) is 0 Å². The molecule has 0 aliphatic rings. The third kappa shape index (κ3) is 6.54. The number of rotatable bonds is 3. The summed E-state index contributed by atoms with van der Waals surface area (Å²) in [4.78, 5) is 24.3. The number of anilines is 1. The van der Waals surface area contributed by atoms with Crippen LogP contribution in [0.25, 0.3) is 21.9 Å². The molecule has 0 bridgehead atoms. The molecule has 0 spiro atoms. The molecule has 0 aliphatic heterocycles. The van der Waals surface area contributed by atoms with Crippen LogP contribution < -0.4 is 33.7 Å². The molecule has 5 rings (SSSR count). The number of hydrogen-bond acceptors (Lipinski definition) is 7. The van der Waals surface area contributed by atoms with Crippen molar-refractivity contribution in [1.82, 2.24) is 4.40 Å². The SMILES string of the molecule is CN(C)c1n2c3ccccc3c(C(=O)O)cc2c2cccc[n+]12.Cc1cccc(C(N)=O)c1.[O-][Cl+3]([O-])([O-])[O-]. The number of hydrogen-bond donors (Lipinski definition) is 2. The van der Waals surface area contributed by atoms with E-state index < -0.39 is 16.2 Å². The van der Waals surface area contributed by atoms with E-state index in [1.165, 1.54) is 0 Å². The van der Waals surface area contributed by atoms with Crippen LogP contribution in [0.5, 0.6) is 0 Å². The fourth-order valence-corrected chi connectivity index (χ4v) is 4.03. The monoisotopic (exact) mass is 540 g/mol. The van der Waals surface area contributed by atoms with Crippen molar-refractivity contribution in [2.75, 3.05) is 19.0 Å². The van der Waals surface area contributed by atoms with E-state index in [1.807, 2.05) is 86.7 Å². The number of pyridine rings is 2. The van der Waals surface area contributed by atoms with Crippen LogP contribution in [0.1, 0.15) is 26.3 Å². The first kappa shape index (κ1) is 28.3. The Morgan fingerprint density at radius 3 is 2.11 bits per heavy atom. The van der Waals surface area contributed by atoms with Crippen molar-refractivity contribution in [1.29, 1.82) is 0 Å². The van der Waals surface area contributed by atoms with Gasteiger partial charge in [-0.05, 0) is 43.3 Å². The molecule has 2 aromatic carbocycles. The van der Waals surface area contributed by atoms with Crippen molar-refractivity contribution < 1.29 is 48.0 Å². The average Bonchev–Trinajstić information content (AvgIpc) is 3.18. The summed E-state index contributed by atoms with van der Waals surface area (Å²) in [6.07, 6.45) is 1.99. The van der Waals surface area contributed by atoms with Crippen molar-refractivity contribution in [3.05, 3.63) is 95.7 Å². The zero-order valence-electron chi connectivity index (χ0n) is 20.7. The third-order valence-electron chi connectivity index (χ3n) is 5.43. The molecule has 198 valence electrons. The molecule has 0 fully saturated rings. The zero-order valence-corrected chi connectivity index (χ0v) is 21.5. The van der Waals surface area contributed by atoms with Gasteiger partial charge < -0.3 is 10.8 Å². The lowest BCUT2D eigenvalue weighted by atomic mass is 10.1. The van der Waals surface area contributed by atoms with E-state index in [2.05, 4.69) is 8.80 Å². The predicted octanol–water partition coefficient (Wildman–Crippen LogP) is -1.07. The number of nitrogens with zero attached hydrogens (tertiary/aromatic N) is 3.